The molecule has 29 heavy (non-hydrogen) atoms. The van der Waals surface area contributed by atoms with Gasteiger partial charge in [0.05, 0.1) is 0 Å². The van der Waals surface area contributed by atoms with Gasteiger partial charge in [-0.2, -0.15) is 21.6 Å². The Hall–Kier alpha value is -1.81. The molecule has 0 amide bonds. The molecule has 0 heterocycles. The van der Waals surface area contributed by atoms with E-state index in [0.29, 0.717) is 10.9 Å². The average molecular weight is 507 g/mol. The second-order valence-corrected chi connectivity index (χ2v) is 15.6. The van der Waals surface area contributed by atoms with Gasteiger partial charge in [0.25, 0.3) is 0 Å². The third-order valence-corrected chi connectivity index (χ3v) is 16.7. The van der Waals surface area contributed by atoms with E-state index in [1.54, 1.807) is 0 Å². The van der Waals surface area contributed by atoms with Crippen LogP contribution in [0.4, 0.5) is 13.2 Å². The molecule has 1 N–H and O–H groups in total. The summed E-state index contributed by atoms with van der Waals surface area (Å²) in [4.78, 5) is -1.48. The predicted octanol–water partition coefficient (Wildman–Crippen LogP) is 6.45. The van der Waals surface area contributed by atoms with Crippen LogP contribution in [-0.4, -0.2) is 18.5 Å². The van der Waals surface area contributed by atoms with Crippen LogP contribution in [0.1, 0.15) is 5.56 Å². The fourth-order valence-corrected chi connectivity index (χ4v) is 13.4. The first kappa shape index (κ1) is 21.9. The highest BCUT2D eigenvalue weighted by Gasteiger charge is 2.73. The lowest BCUT2D eigenvalue weighted by molar-refractivity contribution is -0.0401. The van der Waals surface area contributed by atoms with E-state index in [2.05, 4.69) is 15.9 Å². The Bertz CT molecular complexity index is 1060. The van der Waals surface area contributed by atoms with E-state index in [4.69, 9.17) is 0 Å². The Kier molecular flexibility index (Phi) is 5.63. The van der Waals surface area contributed by atoms with Crippen molar-refractivity contribution in [2.45, 2.75) is 25.5 Å². The standard InChI is InChI=1S/C20H18BrF3O3S2/c21-15-16-11-13-19(14-12-16)29(20(22,23)24,28(25,26)27,17-7-3-1-4-8-17)18-9-5-2-6-10-18/h1-14,29H,15H2,(H,25,26,27). The predicted molar refractivity (Wildman–Crippen MR) is 113 cm³/mol. The first-order valence-electron chi connectivity index (χ1n) is 8.42. The molecule has 3 rings (SSSR count). The molecule has 0 atom stereocenters. The van der Waals surface area contributed by atoms with Crippen LogP contribution in [0.5, 0.6) is 0 Å². The minimum atomic E-state index is -6.43. The molecule has 0 saturated heterocycles. The van der Waals surface area contributed by atoms with Crippen molar-refractivity contribution in [3.63, 3.8) is 0 Å². The van der Waals surface area contributed by atoms with Crippen molar-refractivity contribution in [1.82, 2.24) is 0 Å². The van der Waals surface area contributed by atoms with E-state index in [1.165, 1.54) is 48.5 Å². The number of halogens is 4. The van der Waals surface area contributed by atoms with Crippen LogP contribution in [0.3, 0.4) is 0 Å². The van der Waals surface area contributed by atoms with Crippen LogP contribution in [0.2, 0.25) is 0 Å². The van der Waals surface area contributed by atoms with Gasteiger partial charge in [-0.25, -0.2) is 0 Å². The summed E-state index contributed by atoms with van der Waals surface area (Å²) in [6.07, 6.45) is 0. The number of hydrogen-bond donors (Lipinski definition) is 2. The number of thiol groups is 1. The van der Waals surface area contributed by atoms with Crippen molar-refractivity contribution in [3.05, 3.63) is 90.5 Å². The van der Waals surface area contributed by atoms with Crippen molar-refractivity contribution >= 4 is 33.3 Å². The first-order valence-corrected chi connectivity index (χ1v) is 13.8. The highest BCUT2D eigenvalue weighted by atomic mass is 79.9. The fraction of sp³-hybridized carbons (Fsp3) is 0.100. The number of alkyl halides is 4. The molecule has 0 saturated carbocycles. The van der Waals surface area contributed by atoms with E-state index in [0.717, 1.165) is 36.4 Å². The van der Waals surface area contributed by atoms with Crippen molar-refractivity contribution in [3.8, 4) is 0 Å². The zero-order valence-corrected chi connectivity index (χ0v) is 18.2. The molecule has 3 aromatic rings. The van der Waals surface area contributed by atoms with Gasteiger partial charge in [0, 0.05) is 20.0 Å². The van der Waals surface area contributed by atoms with E-state index in [9.17, 15) is 13.0 Å². The van der Waals surface area contributed by atoms with Gasteiger partial charge in [0.2, 0.25) is 0 Å². The molecule has 0 spiro atoms. The largest absolute Gasteiger partial charge is 0.435 e. The van der Waals surface area contributed by atoms with Crippen LogP contribution in [0.15, 0.2) is 99.6 Å². The summed E-state index contributed by atoms with van der Waals surface area (Å²) in [7, 11) is -12.2. The molecular formula is C20H18BrF3O3S2. The van der Waals surface area contributed by atoms with Crippen molar-refractivity contribution in [2.24, 2.45) is 0 Å². The molecular weight excluding hydrogens is 489 g/mol. The third-order valence-electron chi connectivity index (χ3n) is 5.03. The van der Waals surface area contributed by atoms with Crippen LogP contribution >= 0.6 is 24.1 Å². The van der Waals surface area contributed by atoms with Crippen LogP contribution < -0.4 is 0 Å². The summed E-state index contributed by atoms with van der Waals surface area (Å²) < 4.78 is 82.5. The maximum atomic E-state index is 15.3. The van der Waals surface area contributed by atoms with Gasteiger partial charge >= 0.3 is 14.7 Å². The summed E-state index contributed by atoms with van der Waals surface area (Å²) in [5.74, 6) is 0. The highest BCUT2D eigenvalue weighted by Crippen LogP contribution is 2.95. The molecule has 0 fully saturated rings. The van der Waals surface area contributed by atoms with Crippen molar-refractivity contribution < 1.29 is 26.1 Å². The lowest BCUT2D eigenvalue weighted by Crippen LogP contribution is -2.41. The molecule has 9 heteroatoms. The SMILES string of the molecule is O=S(=O)(O)[SH](c1ccccc1)(c1ccccc1)(c1ccc(CBr)cc1)C(F)(F)F. The van der Waals surface area contributed by atoms with E-state index in [1.807, 2.05) is 0 Å². The van der Waals surface area contributed by atoms with Crippen molar-refractivity contribution in [1.29, 1.82) is 0 Å². The molecule has 3 nitrogen and oxygen atoms in total. The Labute approximate surface area is 175 Å². The molecule has 0 aliphatic carbocycles. The normalized spacial score (nSPS) is 14.2. The molecule has 3 aromatic carbocycles. The minimum absolute atomic E-state index is 0.387. The molecule has 0 bridgehead atoms. The van der Waals surface area contributed by atoms with Gasteiger partial charge < -0.3 is 0 Å². The molecule has 0 aliphatic heterocycles. The number of hydrogen-bond acceptors (Lipinski definition) is 2. The highest BCUT2D eigenvalue weighted by molar-refractivity contribution is 9.08. The zero-order chi connectivity index (χ0) is 21.4. The van der Waals surface area contributed by atoms with Gasteiger partial charge in [-0.3, -0.25) is 4.55 Å². The molecule has 0 aliphatic rings. The second kappa shape index (κ2) is 7.46. The van der Waals surface area contributed by atoms with Crippen molar-refractivity contribution in [2.75, 3.05) is 0 Å². The molecule has 0 unspecified atom stereocenters. The van der Waals surface area contributed by atoms with Crippen LogP contribution in [-0.2, 0) is 14.5 Å². The Morgan fingerprint density at radius 2 is 1.14 bits per heavy atom. The van der Waals surface area contributed by atoms with Crippen LogP contribution in [0, 0.1) is 0 Å². The zero-order valence-electron chi connectivity index (χ0n) is 14.9. The topological polar surface area (TPSA) is 54.4 Å². The lowest BCUT2D eigenvalue weighted by Gasteiger charge is -2.59. The maximum Gasteiger partial charge on any atom is 0.435 e. The molecule has 0 aromatic heterocycles. The number of benzene rings is 3. The molecule has 156 valence electrons. The second-order valence-electron chi connectivity index (χ2n) is 6.42. The van der Waals surface area contributed by atoms with E-state index in [-0.39, 0.29) is 0 Å². The first-order chi connectivity index (χ1) is 13.6. The molecule has 0 radical (unpaired) electrons. The fourth-order valence-electron chi connectivity index (χ4n) is 3.71. The Balaban J connectivity index is 2.71. The lowest BCUT2D eigenvalue weighted by atomic mass is 10.2. The summed E-state index contributed by atoms with van der Waals surface area (Å²) in [5, 5.41) is 0.387. The summed E-state index contributed by atoms with van der Waals surface area (Å²) >= 11 is 3.24. The monoisotopic (exact) mass is 506 g/mol. The third kappa shape index (κ3) is 2.78. The summed E-state index contributed by atoms with van der Waals surface area (Å²) in [6.45, 7) is 0. The summed E-state index contributed by atoms with van der Waals surface area (Å²) in [5.41, 5.74) is -4.65. The quantitative estimate of drug-likeness (QED) is 0.181. The van der Waals surface area contributed by atoms with Gasteiger partial charge in [0.15, 0.2) is 0 Å². The van der Waals surface area contributed by atoms with Gasteiger partial charge in [-0.05, 0) is 50.2 Å². The Morgan fingerprint density at radius 3 is 1.45 bits per heavy atom. The minimum Gasteiger partial charge on any atom is -0.279 e. The average Bonchev–Trinajstić information content (AvgIpc) is 2.69. The van der Waals surface area contributed by atoms with Gasteiger partial charge in [-0.1, -0.05) is 64.5 Å². The van der Waals surface area contributed by atoms with Crippen LogP contribution in [0.25, 0.3) is 0 Å². The van der Waals surface area contributed by atoms with Gasteiger partial charge in [-0.15, -0.1) is 0 Å². The van der Waals surface area contributed by atoms with Gasteiger partial charge in [0.1, 0.15) is 0 Å². The summed E-state index contributed by atoms with van der Waals surface area (Å²) in [6, 6.07) is 17.9. The smallest absolute Gasteiger partial charge is 0.279 e. The number of rotatable bonds is 5. The maximum absolute atomic E-state index is 15.3. The van der Waals surface area contributed by atoms with E-state index >= 15 is 13.2 Å². The van der Waals surface area contributed by atoms with E-state index < -0.39 is 37.5 Å². The Morgan fingerprint density at radius 1 is 0.759 bits per heavy atom.